The van der Waals surface area contributed by atoms with Gasteiger partial charge in [-0.15, -0.1) is 0 Å². The first-order valence-corrected chi connectivity index (χ1v) is 13.3. The Morgan fingerprint density at radius 3 is 2.23 bits per heavy atom. The minimum atomic E-state index is -0.770. The summed E-state index contributed by atoms with van der Waals surface area (Å²) < 4.78 is 11.3. The predicted octanol–water partition coefficient (Wildman–Crippen LogP) is 4.70. The summed E-state index contributed by atoms with van der Waals surface area (Å²) in [6, 6.07) is 9.38. The number of methoxy groups -OCH3 is 2. The van der Waals surface area contributed by atoms with Crippen molar-refractivity contribution in [3.8, 4) is 17.2 Å². The Balaban J connectivity index is 1.54. The summed E-state index contributed by atoms with van der Waals surface area (Å²) >= 11 is 6.04. The molecule has 4 unspecified atom stereocenters. The van der Waals surface area contributed by atoms with Crippen LogP contribution >= 0.6 is 11.6 Å². The number of aromatic hydroxyl groups is 1. The van der Waals surface area contributed by atoms with Crippen molar-refractivity contribution in [1.29, 1.82) is 0 Å². The zero-order chi connectivity index (χ0) is 28.5. The molecule has 8 nitrogen and oxygen atoms in total. The smallest absolute Gasteiger partial charge is 0.238 e. The zero-order valence-corrected chi connectivity index (χ0v) is 22.8. The summed E-state index contributed by atoms with van der Waals surface area (Å²) in [7, 11) is 2.89. The van der Waals surface area contributed by atoms with Gasteiger partial charge in [-0.05, 0) is 56.0 Å². The largest absolute Gasteiger partial charge is 0.508 e. The minimum Gasteiger partial charge on any atom is -0.508 e. The SMILES string of the molecule is COc1cc(O)cc(OC)c1C1C2=CCC3C(=O)N(c4ccc(Cl)cc4)C(=O)C3C2CC2=C1C(=O)C=C(C)C2=O. The fourth-order valence-corrected chi connectivity index (χ4v) is 6.89. The van der Waals surface area contributed by atoms with E-state index < -0.39 is 23.7 Å². The molecule has 40 heavy (non-hydrogen) atoms. The third-order valence-electron chi connectivity index (χ3n) is 8.46. The molecular formula is C31H26ClNO7. The van der Waals surface area contributed by atoms with E-state index in [0.29, 0.717) is 39.4 Å². The quantitative estimate of drug-likeness (QED) is 0.328. The van der Waals surface area contributed by atoms with E-state index in [2.05, 4.69) is 0 Å². The molecule has 6 rings (SSSR count). The van der Waals surface area contributed by atoms with Crippen molar-refractivity contribution in [3.63, 3.8) is 0 Å². The highest BCUT2D eigenvalue weighted by Crippen LogP contribution is 2.58. The predicted molar refractivity (Wildman–Crippen MR) is 146 cm³/mol. The number of ether oxygens (including phenoxy) is 2. The second kappa shape index (κ2) is 9.48. The van der Waals surface area contributed by atoms with Crippen LogP contribution in [0.3, 0.4) is 0 Å². The topological polar surface area (TPSA) is 110 Å². The molecule has 1 N–H and O–H groups in total. The number of benzene rings is 2. The van der Waals surface area contributed by atoms with Gasteiger partial charge in [0.05, 0.1) is 31.7 Å². The number of halogens is 1. The molecule has 0 radical (unpaired) electrons. The maximum absolute atomic E-state index is 14.0. The number of rotatable bonds is 4. The fourth-order valence-electron chi connectivity index (χ4n) is 6.77. The van der Waals surface area contributed by atoms with Crippen LogP contribution in [0.2, 0.25) is 5.02 Å². The van der Waals surface area contributed by atoms with Crippen molar-refractivity contribution >= 4 is 40.7 Å². The van der Waals surface area contributed by atoms with Crippen molar-refractivity contribution in [1.82, 2.24) is 0 Å². The van der Waals surface area contributed by atoms with Gasteiger partial charge in [-0.1, -0.05) is 23.3 Å². The van der Waals surface area contributed by atoms with Gasteiger partial charge in [0.2, 0.25) is 11.8 Å². The number of anilines is 1. The lowest BCUT2D eigenvalue weighted by Crippen LogP contribution is -2.40. The normalized spacial score (nSPS) is 25.8. The molecule has 4 atom stereocenters. The van der Waals surface area contributed by atoms with Crippen molar-refractivity contribution in [2.75, 3.05) is 19.1 Å². The third-order valence-corrected chi connectivity index (χ3v) is 8.72. The van der Waals surface area contributed by atoms with E-state index in [1.165, 1.54) is 37.3 Å². The van der Waals surface area contributed by atoms with Crippen LogP contribution in [0.4, 0.5) is 5.69 Å². The first-order chi connectivity index (χ1) is 19.2. The molecule has 0 bridgehead atoms. The summed E-state index contributed by atoms with van der Waals surface area (Å²) in [6.07, 6.45) is 3.72. The van der Waals surface area contributed by atoms with Crippen LogP contribution in [0.15, 0.2) is 70.8 Å². The number of nitrogens with zero attached hydrogens (tertiary/aromatic N) is 1. The molecular weight excluding hydrogens is 534 g/mol. The van der Waals surface area contributed by atoms with Gasteiger partial charge in [-0.3, -0.25) is 24.1 Å². The number of Topliss-reactive ketones (excluding diaryl/α,β-unsaturated/α-hetero) is 1. The number of carbonyl (C=O) groups is 4. The van der Waals surface area contributed by atoms with E-state index in [4.69, 9.17) is 21.1 Å². The van der Waals surface area contributed by atoms with Crippen LogP contribution in [0, 0.1) is 17.8 Å². The lowest BCUT2D eigenvalue weighted by atomic mass is 9.59. The van der Waals surface area contributed by atoms with E-state index in [0.717, 1.165) is 5.57 Å². The Bertz CT molecular complexity index is 1570. The molecule has 9 heteroatoms. The number of hydrogen-bond donors (Lipinski definition) is 1. The van der Waals surface area contributed by atoms with Crippen molar-refractivity contribution in [2.24, 2.45) is 17.8 Å². The van der Waals surface area contributed by atoms with Crippen LogP contribution in [-0.4, -0.2) is 42.7 Å². The first-order valence-electron chi connectivity index (χ1n) is 12.9. The van der Waals surface area contributed by atoms with Crippen molar-refractivity contribution < 1.29 is 33.8 Å². The number of ketones is 2. The molecule has 3 aliphatic carbocycles. The van der Waals surface area contributed by atoms with Gasteiger partial charge in [0.1, 0.15) is 17.2 Å². The Morgan fingerprint density at radius 1 is 0.950 bits per heavy atom. The van der Waals surface area contributed by atoms with E-state index in [1.807, 2.05) is 6.08 Å². The lowest BCUT2D eigenvalue weighted by Gasteiger charge is -2.42. The van der Waals surface area contributed by atoms with Crippen LogP contribution < -0.4 is 14.4 Å². The molecule has 0 aromatic heterocycles. The second-order valence-corrected chi connectivity index (χ2v) is 10.9. The number of imide groups is 1. The van der Waals surface area contributed by atoms with Crippen molar-refractivity contribution in [2.45, 2.75) is 25.7 Å². The Morgan fingerprint density at radius 2 is 1.60 bits per heavy atom. The number of phenolic OH excluding ortho intramolecular Hbond substituents is 1. The number of carbonyl (C=O) groups excluding carboxylic acids is 4. The van der Waals surface area contributed by atoms with Crippen LogP contribution in [-0.2, 0) is 19.2 Å². The van der Waals surface area contributed by atoms with E-state index >= 15 is 0 Å². The standard InChI is InChI=1S/C31H26ClNO7/c1-14-10-22(35)26-21(29(14)36)13-20-18(27(26)28-23(39-2)11-17(34)12-24(28)40-3)8-9-19-25(20)31(38)33(30(19)37)16-6-4-15(32)5-7-16/h4-8,10-12,19-20,25,27,34H,9,13H2,1-3H3. The Hall–Kier alpha value is -4.17. The maximum atomic E-state index is 14.0. The molecule has 2 aromatic carbocycles. The monoisotopic (exact) mass is 559 g/mol. The number of hydrogen-bond acceptors (Lipinski definition) is 7. The van der Waals surface area contributed by atoms with Crippen LogP contribution in [0.1, 0.15) is 31.2 Å². The maximum Gasteiger partial charge on any atom is 0.238 e. The summed E-state index contributed by atoms with van der Waals surface area (Å²) in [5.41, 5.74) is 2.64. The first kappa shape index (κ1) is 26.1. The van der Waals surface area contributed by atoms with Gasteiger partial charge in [-0.2, -0.15) is 0 Å². The lowest BCUT2D eigenvalue weighted by molar-refractivity contribution is -0.123. The molecule has 1 aliphatic heterocycles. The highest BCUT2D eigenvalue weighted by molar-refractivity contribution is 6.31. The zero-order valence-electron chi connectivity index (χ0n) is 22.1. The Labute approximate surface area is 235 Å². The fraction of sp³-hybridized carbons (Fsp3) is 0.290. The average molecular weight is 560 g/mol. The van der Waals surface area contributed by atoms with E-state index in [-0.39, 0.29) is 47.1 Å². The summed E-state index contributed by atoms with van der Waals surface area (Å²) in [5, 5.41) is 10.8. The van der Waals surface area contributed by atoms with Gasteiger partial charge in [0, 0.05) is 45.4 Å². The number of allylic oxidation sites excluding steroid dienone is 6. The highest BCUT2D eigenvalue weighted by Gasteiger charge is 2.57. The van der Waals surface area contributed by atoms with Gasteiger partial charge in [0.15, 0.2) is 11.6 Å². The molecule has 4 aliphatic rings. The van der Waals surface area contributed by atoms with Crippen LogP contribution in [0.5, 0.6) is 17.2 Å². The van der Waals surface area contributed by atoms with Gasteiger partial charge in [-0.25, -0.2) is 0 Å². The Kier molecular flexibility index (Phi) is 6.18. The third kappa shape index (κ3) is 3.73. The molecule has 204 valence electrons. The molecule has 2 amide bonds. The van der Waals surface area contributed by atoms with E-state index in [9.17, 15) is 24.3 Å². The summed E-state index contributed by atoms with van der Waals surface area (Å²) in [4.78, 5) is 55.8. The molecule has 2 aromatic rings. The minimum absolute atomic E-state index is 0.0892. The number of fused-ring (bicyclic) bond motifs is 3. The summed E-state index contributed by atoms with van der Waals surface area (Å²) in [5.74, 6) is -3.34. The van der Waals surface area contributed by atoms with Gasteiger partial charge in [0.25, 0.3) is 0 Å². The van der Waals surface area contributed by atoms with Gasteiger partial charge < -0.3 is 14.6 Å². The number of amides is 2. The molecule has 0 saturated carbocycles. The highest BCUT2D eigenvalue weighted by atomic mass is 35.5. The molecule has 1 heterocycles. The van der Waals surface area contributed by atoms with E-state index in [1.54, 1.807) is 31.2 Å². The molecule has 1 fully saturated rings. The number of phenols is 1. The molecule has 1 saturated heterocycles. The summed E-state index contributed by atoms with van der Waals surface area (Å²) in [6.45, 7) is 1.60. The second-order valence-electron chi connectivity index (χ2n) is 10.5. The van der Waals surface area contributed by atoms with Gasteiger partial charge >= 0.3 is 0 Å². The van der Waals surface area contributed by atoms with Crippen LogP contribution in [0.25, 0.3) is 0 Å². The molecule has 0 spiro atoms. The average Bonchev–Trinajstić information content (AvgIpc) is 3.20. The van der Waals surface area contributed by atoms with Crippen molar-refractivity contribution in [3.05, 3.63) is 81.4 Å².